The van der Waals surface area contributed by atoms with Gasteiger partial charge >= 0.3 is 0 Å². The number of methoxy groups -OCH3 is 1. The molecule has 2 amide bonds. The molecule has 1 aliphatic rings. The Hall–Kier alpha value is -3.22. The lowest BCUT2D eigenvalue weighted by Gasteiger charge is -2.10. The number of fused-ring (bicyclic) bond motifs is 1. The summed E-state index contributed by atoms with van der Waals surface area (Å²) < 4.78 is 16.0. The number of benzene rings is 2. The summed E-state index contributed by atoms with van der Waals surface area (Å²) in [6, 6.07) is 11.9. The highest BCUT2D eigenvalue weighted by Crippen LogP contribution is 2.24. The van der Waals surface area contributed by atoms with Crippen LogP contribution in [0.5, 0.6) is 17.2 Å². The summed E-state index contributed by atoms with van der Waals surface area (Å²) in [4.78, 5) is 24.0. The summed E-state index contributed by atoms with van der Waals surface area (Å²) in [7, 11) is 1.56. The van der Waals surface area contributed by atoms with Crippen molar-refractivity contribution in [3.05, 3.63) is 48.0 Å². The zero-order valence-electron chi connectivity index (χ0n) is 13.7. The molecule has 0 fully saturated rings. The first-order valence-electron chi connectivity index (χ1n) is 7.77. The first-order valence-corrected chi connectivity index (χ1v) is 7.77. The highest BCUT2D eigenvalue weighted by Gasteiger charge is 2.17. The Bertz CT molecular complexity index is 791. The van der Waals surface area contributed by atoms with Gasteiger partial charge in [0.25, 0.3) is 11.8 Å². The molecular weight excluding hydrogens is 324 g/mol. The van der Waals surface area contributed by atoms with Crippen LogP contribution >= 0.6 is 0 Å². The van der Waals surface area contributed by atoms with Gasteiger partial charge in [-0.05, 0) is 30.3 Å². The first kappa shape index (κ1) is 16.6. The number of carbonyl (C=O) groups is 2. The van der Waals surface area contributed by atoms with Gasteiger partial charge in [-0.3, -0.25) is 9.59 Å². The molecule has 7 heteroatoms. The second-order valence-electron chi connectivity index (χ2n) is 5.33. The molecule has 130 valence electrons. The SMILES string of the molecule is COc1cccc(OCC(=O)Nc2ccc3c(c2)C(=O)NCCO3)c1. The van der Waals surface area contributed by atoms with Gasteiger partial charge in [0.05, 0.1) is 19.2 Å². The molecule has 1 aliphatic heterocycles. The van der Waals surface area contributed by atoms with Crippen molar-refractivity contribution in [3.8, 4) is 17.2 Å². The molecule has 7 nitrogen and oxygen atoms in total. The Kier molecular flexibility index (Phi) is 5.03. The van der Waals surface area contributed by atoms with Crippen LogP contribution in [0.25, 0.3) is 0 Å². The van der Waals surface area contributed by atoms with E-state index in [9.17, 15) is 9.59 Å². The van der Waals surface area contributed by atoms with Crippen LogP contribution in [-0.2, 0) is 4.79 Å². The molecule has 1 heterocycles. The van der Waals surface area contributed by atoms with Crippen molar-refractivity contribution in [3.63, 3.8) is 0 Å². The van der Waals surface area contributed by atoms with Crippen LogP contribution in [0.3, 0.4) is 0 Å². The molecule has 0 aromatic heterocycles. The Morgan fingerprint density at radius 2 is 2.08 bits per heavy atom. The normalized spacial score (nSPS) is 12.9. The number of carbonyl (C=O) groups excluding carboxylic acids is 2. The largest absolute Gasteiger partial charge is 0.497 e. The molecule has 0 atom stereocenters. The predicted molar refractivity (Wildman–Crippen MR) is 91.4 cm³/mol. The second kappa shape index (κ2) is 7.57. The van der Waals surface area contributed by atoms with Gasteiger partial charge in [-0.2, -0.15) is 0 Å². The number of hydrogen-bond donors (Lipinski definition) is 2. The van der Waals surface area contributed by atoms with E-state index in [-0.39, 0.29) is 18.4 Å². The van der Waals surface area contributed by atoms with E-state index >= 15 is 0 Å². The third kappa shape index (κ3) is 4.20. The third-order valence-electron chi connectivity index (χ3n) is 3.56. The van der Waals surface area contributed by atoms with Gasteiger partial charge in [0, 0.05) is 11.8 Å². The standard InChI is InChI=1S/C18H18N2O5/c1-23-13-3-2-4-14(10-13)25-11-17(21)20-12-5-6-16-15(9-12)18(22)19-7-8-24-16/h2-6,9-10H,7-8,11H2,1H3,(H,19,22)(H,20,21). The molecule has 2 N–H and O–H groups in total. The quantitative estimate of drug-likeness (QED) is 0.866. The van der Waals surface area contributed by atoms with E-state index < -0.39 is 0 Å². The average Bonchev–Trinajstić information content (AvgIpc) is 2.82. The maximum Gasteiger partial charge on any atom is 0.262 e. The van der Waals surface area contributed by atoms with Crippen molar-refractivity contribution in [2.45, 2.75) is 0 Å². The average molecular weight is 342 g/mol. The number of amides is 2. The van der Waals surface area contributed by atoms with Gasteiger partial charge in [-0.25, -0.2) is 0 Å². The lowest BCUT2D eigenvalue weighted by molar-refractivity contribution is -0.118. The van der Waals surface area contributed by atoms with Gasteiger partial charge in [0.2, 0.25) is 0 Å². The second-order valence-corrected chi connectivity index (χ2v) is 5.33. The van der Waals surface area contributed by atoms with Crippen molar-refractivity contribution in [2.75, 3.05) is 32.2 Å². The van der Waals surface area contributed by atoms with E-state index in [0.717, 1.165) is 0 Å². The molecule has 0 spiro atoms. The minimum atomic E-state index is -0.335. The van der Waals surface area contributed by atoms with E-state index in [2.05, 4.69) is 10.6 Å². The topological polar surface area (TPSA) is 85.9 Å². The smallest absolute Gasteiger partial charge is 0.262 e. The van der Waals surface area contributed by atoms with Crippen molar-refractivity contribution >= 4 is 17.5 Å². The molecule has 0 bridgehead atoms. The zero-order chi connectivity index (χ0) is 17.6. The van der Waals surface area contributed by atoms with Crippen molar-refractivity contribution < 1.29 is 23.8 Å². The van der Waals surface area contributed by atoms with E-state index in [1.165, 1.54) is 0 Å². The lowest BCUT2D eigenvalue weighted by Crippen LogP contribution is -2.24. The molecule has 0 saturated heterocycles. The highest BCUT2D eigenvalue weighted by molar-refractivity contribution is 5.99. The summed E-state index contributed by atoms with van der Waals surface area (Å²) >= 11 is 0. The van der Waals surface area contributed by atoms with Gasteiger partial charge < -0.3 is 24.8 Å². The number of ether oxygens (including phenoxy) is 3. The Balaban J connectivity index is 1.62. The monoisotopic (exact) mass is 342 g/mol. The Morgan fingerprint density at radius 3 is 2.92 bits per heavy atom. The molecule has 2 aromatic rings. The fraction of sp³-hybridized carbons (Fsp3) is 0.222. The fourth-order valence-electron chi connectivity index (χ4n) is 2.37. The van der Waals surface area contributed by atoms with Crippen LogP contribution in [0.2, 0.25) is 0 Å². The van der Waals surface area contributed by atoms with Crippen LogP contribution in [0.15, 0.2) is 42.5 Å². The van der Waals surface area contributed by atoms with Gasteiger partial charge in [0.15, 0.2) is 6.61 Å². The van der Waals surface area contributed by atoms with E-state index in [4.69, 9.17) is 14.2 Å². The van der Waals surface area contributed by atoms with Crippen LogP contribution < -0.4 is 24.8 Å². The van der Waals surface area contributed by atoms with E-state index in [1.807, 2.05) is 0 Å². The highest BCUT2D eigenvalue weighted by atomic mass is 16.5. The zero-order valence-corrected chi connectivity index (χ0v) is 13.7. The molecule has 25 heavy (non-hydrogen) atoms. The Labute approximate surface area is 144 Å². The summed E-state index contributed by atoms with van der Waals surface area (Å²) in [6.45, 7) is 0.704. The van der Waals surface area contributed by atoms with Crippen molar-refractivity contribution in [1.82, 2.24) is 5.32 Å². The van der Waals surface area contributed by atoms with Crippen LogP contribution in [0, 0.1) is 0 Å². The molecule has 0 aliphatic carbocycles. The summed E-state index contributed by atoms with van der Waals surface area (Å²) in [6.07, 6.45) is 0. The first-order chi connectivity index (χ1) is 12.2. The summed E-state index contributed by atoms with van der Waals surface area (Å²) in [5.74, 6) is 1.12. The maximum absolute atomic E-state index is 12.1. The number of hydrogen-bond acceptors (Lipinski definition) is 5. The molecule has 3 rings (SSSR count). The third-order valence-corrected chi connectivity index (χ3v) is 3.56. The number of nitrogens with one attached hydrogen (secondary N) is 2. The number of rotatable bonds is 5. The minimum absolute atomic E-state index is 0.160. The van der Waals surface area contributed by atoms with Gasteiger partial charge in [0.1, 0.15) is 23.9 Å². The fourth-order valence-corrected chi connectivity index (χ4v) is 2.37. The van der Waals surface area contributed by atoms with Gasteiger partial charge in [-0.15, -0.1) is 0 Å². The molecule has 0 radical (unpaired) electrons. The summed E-state index contributed by atoms with van der Waals surface area (Å²) in [5.41, 5.74) is 0.891. The lowest BCUT2D eigenvalue weighted by atomic mass is 10.1. The van der Waals surface area contributed by atoms with E-state index in [1.54, 1.807) is 49.6 Å². The van der Waals surface area contributed by atoms with Crippen LogP contribution in [0.4, 0.5) is 5.69 Å². The predicted octanol–water partition coefficient (Wildman–Crippen LogP) is 1.83. The molecule has 0 unspecified atom stereocenters. The maximum atomic E-state index is 12.1. The Morgan fingerprint density at radius 1 is 1.24 bits per heavy atom. The van der Waals surface area contributed by atoms with Crippen LogP contribution in [0.1, 0.15) is 10.4 Å². The van der Waals surface area contributed by atoms with Crippen molar-refractivity contribution in [1.29, 1.82) is 0 Å². The minimum Gasteiger partial charge on any atom is -0.497 e. The number of anilines is 1. The summed E-state index contributed by atoms with van der Waals surface area (Å²) in [5, 5.41) is 5.43. The molecule has 2 aromatic carbocycles. The van der Waals surface area contributed by atoms with Gasteiger partial charge in [-0.1, -0.05) is 6.07 Å². The van der Waals surface area contributed by atoms with Crippen LogP contribution in [-0.4, -0.2) is 38.7 Å². The van der Waals surface area contributed by atoms with E-state index in [0.29, 0.717) is 41.7 Å². The van der Waals surface area contributed by atoms with Crippen molar-refractivity contribution in [2.24, 2.45) is 0 Å². The molecular formula is C18H18N2O5. The molecule has 0 saturated carbocycles.